The Morgan fingerprint density at radius 1 is 1.10 bits per heavy atom. The summed E-state index contributed by atoms with van der Waals surface area (Å²) in [6.45, 7) is 1.83. The molecule has 2 aromatic rings. The van der Waals surface area contributed by atoms with Crippen molar-refractivity contribution in [1.82, 2.24) is 9.88 Å². The minimum Gasteiger partial charge on any atom is -0.396 e. The average Bonchev–Trinajstić information content (AvgIpc) is 3.63. The number of carbonyl (C=O) groups is 1. The minimum atomic E-state index is 0.0780. The summed E-state index contributed by atoms with van der Waals surface area (Å²) < 4.78 is 3.14. The van der Waals surface area contributed by atoms with Crippen molar-refractivity contribution in [1.29, 1.82) is 0 Å². The third-order valence-electron chi connectivity index (χ3n) is 6.05. The van der Waals surface area contributed by atoms with Crippen molar-refractivity contribution in [2.24, 2.45) is 5.92 Å². The fourth-order valence-corrected chi connectivity index (χ4v) is 4.69. The zero-order valence-corrected chi connectivity index (χ0v) is 18.2. The van der Waals surface area contributed by atoms with Gasteiger partial charge in [-0.05, 0) is 73.6 Å². The van der Waals surface area contributed by atoms with Crippen LogP contribution in [0.15, 0.2) is 42.6 Å². The van der Waals surface area contributed by atoms with Gasteiger partial charge in [-0.1, -0.05) is 36.2 Å². The van der Waals surface area contributed by atoms with E-state index >= 15 is 0 Å². The number of nitrogens with zero attached hydrogens (tertiary/aromatic N) is 2. The molecule has 0 spiro atoms. The highest BCUT2D eigenvalue weighted by atomic mass is 32.2. The summed E-state index contributed by atoms with van der Waals surface area (Å²) in [5, 5.41) is 8.81. The molecule has 2 aliphatic rings. The van der Waals surface area contributed by atoms with Gasteiger partial charge in [-0.2, -0.15) is 0 Å². The molecular weight excluding hydrogens is 394 g/mol. The van der Waals surface area contributed by atoms with Gasteiger partial charge in [0, 0.05) is 31.6 Å². The number of aliphatic hydroxyl groups is 1. The van der Waals surface area contributed by atoms with Crippen LogP contribution in [0.4, 0.5) is 5.82 Å². The van der Waals surface area contributed by atoms with Crippen LogP contribution >= 0.6 is 11.9 Å². The van der Waals surface area contributed by atoms with E-state index in [0.29, 0.717) is 11.5 Å². The first-order chi connectivity index (χ1) is 14.7. The largest absolute Gasteiger partial charge is 0.396 e. The van der Waals surface area contributed by atoms with Crippen molar-refractivity contribution in [3.8, 4) is 0 Å². The molecule has 1 saturated carbocycles. The molecule has 2 fully saturated rings. The monoisotopic (exact) mass is 425 g/mol. The lowest BCUT2D eigenvalue weighted by molar-refractivity contribution is 0.0690. The number of rotatable bonds is 9. The van der Waals surface area contributed by atoms with Gasteiger partial charge in [0.15, 0.2) is 0 Å². The molecule has 2 heterocycles. The summed E-state index contributed by atoms with van der Waals surface area (Å²) in [5.74, 6) is 3.10. The number of nitrogens with one attached hydrogen (secondary N) is 1. The van der Waals surface area contributed by atoms with Gasteiger partial charge in [-0.15, -0.1) is 0 Å². The standard InChI is InChI=1S/C24H31N3O2S/c28-14-1-15-30-26-23-9-8-22(17-25-23)24(29)27-12-10-19(11-13-27)16-18-2-4-20(5-3-18)21-6-7-21/h2-5,8-9,17,19,21,28H,1,6-7,10-16H2,(H,25,26). The fourth-order valence-electron chi connectivity index (χ4n) is 4.04. The third kappa shape index (κ3) is 5.76. The Labute approximate surface area is 183 Å². The van der Waals surface area contributed by atoms with Crippen LogP contribution in [0.2, 0.25) is 0 Å². The third-order valence-corrected chi connectivity index (χ3v) is 6.89. The molecule has 1 saturated heterocycles. The summed E-state index contributed by atoms with van der Waals surface area (Å²) in [4.78, 5) is 19.1. The lowest BCUT2D eigenvalue weighted by Crippen LogP contribution is -2.39. The maximum absolute atomic E-state index is 12.8. The number of piperidine rings is 1. The van der Waals surface area contributed by atoms with Gasteiger partial charge in [0.25, 0.3) is 5.91 Å². The number of amides is 1. The van der Waals surface area contributed by atoms with Gasteiger partial charge in [0.05, 0.1) is 5.56 Å². The maximum atomic E-state index is 12.8. The molecule has 6 heteroatoms. The van der Waals surface area contributed by atoms with Gasteiger partial charge >= 0.3 is 0 Å². The molecule has 1 amide bonds. The predicted molar refractivity (Wildman–Crippen MR) is 123 cm³/mol. The van der Waals surface area contributed by atoms with Gasteiger partial charge in [-0.3, -0.25) is 4.79 Å². The van der Waals surface area contributed by atoms with Crippen molar-refractivity contribution in [3.05, 3.63) is 59.3 Å². The molecule has 1 aromatic carbocycles. The van der Waals surface area contributed by atoms with E-state index in [-0.39, 0.29) is 12.5 Å². The molecule has 0 unspecified atom stereocenters. The quantitative estimate of drug-likeness (QED) is 0.458. The lowest BCUT2D eigenvalue weighted by Gasteiger charge is -2.32. The van der Waals surface area contributed by atoms with E-state index < -0.39 is 0 Å². The number of pyridine rings is 1. The number of hydrogen-bond acceptors (Lipinski definition) is 5. The van der Waals surface area contributed by atoms with E-state index in [9.17, 15) is 4.79 Å². The SMILES string of the molecule is O=C(c1ccc(NSCCCO)nc1)N1CCC(Cc2ccc(C3CC3)cc2)CC1. The van der Waals surface area contributed by atoms with Crippen LogP contribution in [-0.4, -0.2) is 46.3 Å². The topological polar surface area (TPSA) is 65.5 Å². The molecular formula is C24H31N3O2S. The van der Waals surface area contributed by atoms with Gasteiger partial charge in [-0.25, -0.2) is 4.98 Å². The van der Waals surface area contributed by atoms with Crippen LogP contribution in [0.25, 0.3) is 0 Å². The molecule has 2 N–H and O–H groups in total. The van der Waals surface area contributed by atoms with E-state index in [1.807, 2.05) is 17.0 Å². The number of likely N-dealkylation sites (tertiary alicyclic amines) is 1. The summed E-state index contributed by atoms with van der Waals surface area (Å²) in [5.41, 5.74) is 3.57. The maximum Gasteiger partial charge on any atom is 0.255 e. The predicted octanol–water partition coefficient (Wildman–Crippen LogP) is 4.50. The molecule has 0 atom stereocenters. The molecule has 5 nitrogen and oxygen atoms in total. The van der Waals surface area contributed by atoms with Crippen LogP contribution in [-0.2, 0) is 6.42 Å². The summed E-state index contributed by atoms with van der Waals surface area (Å²) >= 11 is 1.51. The molecule has 1 aliphatic carbocycles. The van der Waals surface area contributed by atoms with E-state index in [1.165, 1.54) is 35.9 Å². The van der Waals surface area contributed by atoms with Crippen molar-refractivity contribution in [2.75, 3.05) is 30.2 Å². The number of aromatic nitrogens is 1. The van der Waals surface area contributed by atoms with Crippen molar-refractivity contribution in [3.63, 3.8) is 0 Å². The highest BCUT2D eigenvalue weighted by molar-refractivity contribution is 8.00. The Hall–Kier alpha value is -2.05. The Bertz CT molecular complexity index is 813. The van der Waals surface area contributed by atoms with Crippen molar-refractivity contribution < 1.29 is 9.90 Å². The second kappa shape index (κ2) is 10.3. The Balaban J connectivity index is 1.22. The highest BCUT2D eigenvalue weighted by Gasteiger charge is 2.25. The second-order valence-corrected chi connectivity index (χ2v) is 9.32. The van der Waals surface area contributed by atoms with E-state index in [4.69, 9.17) is 5.11 Å². The highest BCUT2D eigenvalue weighted by Crippen LogP contribution is 2.40. The number of anilines is 1. The van der Waals surface area contributed by atoms with E-state index in [0.717, 1.165) is 56.3 Å². The fraction of sp³-hybridized carbons (Fsp3) is 0.500. The van der Waals surface area contributed by atoms with Crippen molar-refractivity contribution in [2.45, 2.75) is 44.4 Å². The number of carbonyl (C=O) groups excluding carboxylic acids is 1. The summed E-state index contributed by atoms with van der Waals surface area (Å²) in [6, 6.07) is 12.9. The Morgan fingerprint density at radius 2 is 1.87 bits per heavy atom. The first-order valence-corrected chi connectivity index (χ1v) is 12.0. The first kappa shape index (κ1) is 21.2. The van der Waals surface area contributed by atoms with Crippen LogP contribution in [0.1, 0.15) is 59.5 Å². The number of hydrogen-bond donors (Lipinski definition) is 2. The zero-order valence-electron chi connectivity index (χ0n) is 17.4. The lowest BCUT2D eigenvalue weighted by atomic mass is 9.89. The minimum absolute atomic E-state index is 0.0780. The smallest absolute Gasteiger partial charge is 0.255 e. The first-order valence-electron chi connectivity index (χ1n) is 11.1. The summed E-state index contributed by atoms with van der Waals surface area (Å²) in [6.07, 6.45) is 8.34. The van der Waals surface area contributed by atoms with Gasteiger partial charge in [0.2, 0.25) is 0 Å². The molecule has 1 aromatic heterocycles. The van der Waals surface area contributed by atoms with Crippen molar-refractivity contribution >= 4 is 23.7 Å². The van der Waals surface area contributed by atoms with Gasteiger partial charge < -0.3 is 14.7 Å². The Morgan fingerprint density at radius 3 is 2.50 bits per heavy atom. The zero-order chi connectivity index (χ0) is 20.8. The normalized spacial score (nSPS) is 17.2. The number of aliphatic hydroxyl groups excluding tert-OH is 1. The van der Waals surface area contributed by atoms with Crippen LogP contribution in [0.3, 0.4) is 0 Å². The van der Waals surface area contributed by atoms with Crippen LogP contribution < -0.4 is 4.72 Å². The molecule has 0 radical (unpaired) electrons. The number of benzene rings is 1. The molecule has 1 aliphatic heterocycles. The molecule has 4 rings (SSSR count). The summed E-state index contributed by atoms with van der Waals surface area (Å²) in [7, 11) is 0. The second-order valence-electron chi connectivity index (χ2n) is 8.42. The average molecular weight is 426 g/mol. The molecule has 160 valence electrons. The van der Waals surface area contributed by atoms with Gasteiger partial charge in [0.1, 0.15) is 5.82 Å². The van der Waals surface area contributed by atoms with E-state index in [1.54, 1.807) is 6.20 Å². The molecule has 0 bridgehead atoms. The van der Waals surface area contributed by atoms with Crippen LogP contribution in [0, 0.1) is 5.92 Å². The van der Waals surface area contributed by atoms with Crippen LogP contribution in [0.5, 0.6) is 0 Å². The van der Waals surface area contributed by atoms with E-state index in [2.05, 4.69) is 34.0 Å². The Kier molecular flexibility index (Phi) is 7.28. The molecule has 30 heavy (non-hydrogen) atoms.